The molecule has 0 bridgehead atoms. The molecule has 1 aromatic heterocycles. The highest BCUT2D eigenvalue weighted by atomic mass is 16.5. The molecule has 2 rings (SSSR count). The summed E-state index contributed by atoms with van der Waals surface area (Å²) in [5.41, 5.74) is 3.31. The lowest BCUT2D eigenvalue weighted by Gasteiger charge is -2.09. The zero-order valence-electron chi connectivity index (χ0n) is 9.03. The fourth-order valence-electron chi connectivity index (χ4n) is 1.64. The molecule has 0 saturated carbocycles. The highest BCUT2D eigenvalue weighted by molar-refractivity contribution is 6.10. The van der Waals surface area contributed by atoms with E-state index in [1.54, 1.807) is 7.11 Å². The van der Waals surface area contributed by atoms with E-state index in [0.29, 0.717) is 5.88 Å². The maximum absolute atomic E-state index is 5.12. The lowest BCUT2D eigenvalue weighted by molar-refractivity contribution is 0.394. The van der Waals surface area contributed by atoms with Crippen LogP contribution in [0.3, 0.4) is 0 Å². The molecular weight excluding hydrogens is 188 g/mol. The Hall–Kier alpha value is -1.64. The minimum Gasteiger partial charge on any atom is -0.481 e. The van der Waals surface area contributed by atoms with E-state index in [4.69, 9.17) is 4.74 Å². The van der Waals surface area contributed by atoms with Gasteiger partial charge in [0.05, 0.1) is 7.11 Å². The Morgan fingerprint density at radius 1 is 1.40 bits per heavy atom. The predicted octanol–water partition coefficient (Wildman–Crippen LogP) is 2.26. The second-order valence-corrected chi connectivity index (χ2v) is 3.53. The molecule has 1 aliphatic heterocycles. The first-order valence-electron chi connectivity index (χ1n) is 5.02. The smallest absolute Gasteiger partial charge is 0.215 e. The van der Waals surface area contributed by atoms with E-state index in [1.807, 2.05) is 19.3 Å². The quantitative estimate of drug-likeness (QED) is 0.737. The van der Waals surface area contributed by atoms with Gasteiger partial charge in [-0.1, -0.05) is 6.08 Å². The Kier molecular flexibility index (Phi) is 2.81. The lowest BCUT2D eigenvalue weighted by Crippen LogP contribution is -1.97. The molecule has 2 heterocycles. The molecule has 78 valence electrons. The van der Waals surface area contributed by atoms with Gasteiger partial charge in [-0.2, -0.15) is 0 Å². The largest absolute Gasteiger partial charge is 0.481 e. The summed E-state index contributed by atoms with van der Waals surface area (Å²) in [6, 6.07) is 2.08. The molecule has 3 heteroatoms. The van der Waals surface area contributed by atoms with Gasteiger partial charge in [-0.3, -0.25) is 4.99 Å². The topological polar surface area (TPSA) is 34.5 Å². The van der Waals surface area contributed by atoms with E-state index in [-0.39, 0.29) is 0 Å². The van der Waals surface area contributed by atoms with E-state index in [0.717, 1.165) is 29.7 Å². The van der Waals surface area contributed by atoms with Crippen LogP contribution in [0.5, 0.6) is 5.88 Å². The third kappa shape index (κ3) is 2.06. The highest BCUT2D eigenvalue weighted by Crippen LogP contribution is 2.20. The second-order valence-electron chi connectivity index (χ2n) is 3.53. The van der Waals surface area contributed by atoms with Gasteiger partial charge >= 0.3 is 0 Å². The predicted molar refractivity (Wildman–Crippen MR) is 61.5 cm³/mol. The van der Waals surface area contributed by atoms with Gasteiger partial charge in [0.25, 0.3) is 0 Å². The van der Waals surface area contributed by atoms with Crippen molar-refractivity contribution < 1.29 is 4.74 Å². The van der Waals surface area contributed by atoms with Crippen LogP contribution in [0, 0.1) is 6.92 Å². The van der Waals surface area contributed by atoms with Gasteiger partial charge in [0.1, 0.15) is 0 Å². The molecule has 0 fully saturated rings. The summed E-state index contributed by atoms with van der Waals surface area (Å²) in [7, 11) is 1.64. The number of allylic oxidation sites excluding steroid dienone is 1. The summed E-state index contributed by atoms with van der Waals surface area (Å²) in [4.78, 5) is 8.50. The number of nitrogens with zero attached hydrogens (tertiary/aromatic N) is 2. The third-order valence-electron chi connectivity index (χ3n) is 2.41. The molecule has 0 aliphatic carbocycles. The summed E-state index contributed by atoms with van der Waals surface area (Å²) in [5, 5.41) is 0. The number of ether oxygens (including phenoxy) is 1. The van der Waals surface area contributed by atoms with Crippen LogP contribution in [0.4, 0.5) is 0 Å². The van der Waals surface area contributed by atoms with E-state index in [1.165, 1.54) is 0 Å². The van der Waals surface area contributed by atoms with Crippen LogP contribution < -0.4 is 4.74 Å². The maximum Gasteiger partial charge on any atom is 0.215 e. The molecule has 0 N–H and O–H groups in total. The van der Waals surface area contributed by atoms with Crippen molar-refractivity contribution in [1.29, 1.82) is 0 Å². The standard InChI is InChI=1S/C12H14N2O/c1-9-6-11(8-14-12(9)15-2)10-4-3-5-13-7-10/h4,6-8H,3,5H2,1-2H3. The minimum absolute atomic E-state index is 0.687. The Labute approximate surface area is 89.5 Å². The Balaban J connectivity index is 2.33. The van der Waals surface area contributed by atoms with Gasteiger partial charge < -0.3 is 4.74 Å². The van der Waals surface area contributed by atoms with Crippen molar-refractivity contribution in [2.45, 2.75) is 13.3 Å². The summed E-state index contributed by atoms with van der Waals surface area (Å²) < 4.78 is 5.12. The van der Waals surface area contributed by atoms with E-state index < -0.39 is 0 Å². The number of dihydropyridines is 1. The minimum atomic E-state index is 0.687. The second kappa shape index (κ2) is 4.26. The van der Waals surface area contributed by atoms with Crippen molar-refractivity contribution in [2.75, 3.05) is 13.7 Å². The summed E-state index contributed by atoms with van der Waals surface area (Å²) >= 11 is 0. The highest BCUT2D eigenvalue weighted by Gasteiger charge is 2.05. The number of hydrogen-bond donors (Lipinski definition) is 0. The van der Waals surface area contributed by atoms with Crippen molar-refractivity contribution in [1.82, 2.24) is 4.98 Å². The lowest BCUT2D eigenvalue weighted by atomic mass is 10.0. The SMILES string of the molecule is COc1ncc(C2=CCCN=C2)cc1C. The zero-order chi connectivity index (χ0) is 10.7. The number of aliphatic imine (C=N–C) groups is 1. The van der Waals surface area contributed by atoms with Gasteiger partial charge in [0.2, 0.25) is 5.88 Å². The molecule has 1 aliphatic rings. The van der Waals surface area contributed by atoms with Crippen LogP contribution in [-0.2, 0) is 0 Å². The molecule has 0 saturated heterocycles. The van der Waals surface area contributed by atoms with Gasteiger partial charge in [-0.05, 0) is 25.0 Å². The molecule has 0 spiro atoms. The molecule has 0 atom stereocenters. The summed E-state index contributed by atoms with van der Waals surface area (Å²) in [6.45, 7) is 2.89. The van der Waals surface area contributed by atoms with Gasteiger partial charge in [-0.25, -0.2) is 4.98 Å². The number of methoxy groups -OCH3 is 1. The molecule has 1 aromatic rings. The molecule has 0 unspecified atom stereocenters. The van der Waals surface area contributed by atoms with Gasteiger partial charge in [-0.15, -0.1) is 0 Å². The number of aromatic nitrogens is 1. The molecule has 0 amide bonds. The van der Waals surface area contributed by atoms with Crippen LogP contribution in [0.1, 0.15) is 17.5 Å². The number of rotatable bonds is 2. The van der Waals surface area contributed by atoms with Crippen molar-refractivity contribution in [3.05, 3.63) is 29.5 Å². The first kappa shape index (κ1) is 9.90. The number of aryl methyl sites for hydroxylation is 1. The van der Waals surface area contributed by atoms with Crippen LogP contribution >= 0.6 is 0 Å². The Morgan fingerprint density at radius 2 is 2.27 bits per heavy atom. The first-order chi connectivity index (χ1) is 7.31. The van der Waals surface area contributed by atoms with Crippen molar-refractivity contribution in [3.63, 3.8) is 0 Å². The summed E-state index contributed by atoms with van der Waals surface area (Å²) in [6.07, 6.45) is 6.94. The molecule has 15 heavy (non-hydrogen) atoms. The number of hydrogen-bond acceptors (Lipinski definition) is 3. The van der Waals surface area contributed by atoms with Crippen LogP contribution in [0.15, 0.2) is 23.3 Å². The molecular formula is C12H14N2O. The molecule has 0 aromatic carbocycles. The van der Waals surface area contributed by atoms with E-state index in [9.17, 15) is 0 Å². The molecule has 3 nitrogen and oxygen atoms in total. The fraction of sp³-hybridized carbons (Fsp3) is 0.333. The van der Waals surface area contributed by atoms with E-state index in [2.05, 4.69) is 22.1 Å². The zero-order valence-corrected chi connectivity index (χ0v) is 9.03. The average Bonchev–Trinajstić information content (AvgIpc) is 2.30. The van der Waals surface area contributed by atoms with Crippen molar-refractivity contribution in [2.24, 2.45) is 4.99 Å². The normalized spacial score (nSPS) is 14.9. The number of pyridine rings is 1. The van der Waals surface area contributed by atoms with Gasteiger partial charge in [0, 0.05) is 30.1 Å². The third-order valence-corrected chi connectivity index (χ3v) is 2.41. The maximum atomic E-state index is 5.12. The van der Waals surface area contributed by atoms with Crippen LogP contribution in [0.25, 0.3) is 5.57 Å². The Bertz CT molecular complexity index is 422. The average molecular weight is 202 g/mol. The van der Waals surface area contributed by atoms with Crippen molar-refractivity contribution in [3.8, 4) is 5.88 Å². The monoisotopic (exact) mass is 202 g/mol. The fourth-order valence-corrected chi connectivity index (χ4v) is 1.64. The van der Waals surface area contributed by atoms with Gasteiger partial charge in [0.15, 0.2) is 0 Å². The molecule has 0 radical (unpaired) electrons. The van der Waals surface area contributed by atoms with E-state index >= 15 is 0 Å². The van der Waals surface area contributed by atoms with Crippen molar-refractivity contribution >= 4 is 11.8 Å². The van der Waals surface area contributed by atoms with Crippen LogP contribution in [-0.4, -0.2) is 24.9 Å². The summed E-state index contributed by atoms with van der Waals surface area (Å²) in [5.74, 6) is 0.687. The van der Waals surface area contributed by atoms with Crippen LogP contribution in [0.2, 0.25) is 0 Å². The first-order valence-corrected chi connectivity index (χ1v) is 5.02. The Morgan fingerprint density at radius 3 is 2.87 bits per heavy atom.